The van der Waals surface area contributed by atoms with E-state index in [4.69, 9.17) is 10.1 Å². The highest BCUT2D eigenvalue weighted by atomic mass is 16.6. The lowest BCUT2D eigenvalue weighted by atomic mass is 9.78. The van der Waals surface area contributed by atoms with Crippen molar-refractivity contribution in [3.8, 4) is 6.07 Å². The molecule has 16 heavy (non-hydrogen) atoms. The molecule has 0 N–H and O–H groups in total. The van der Waals surface area contributed by atoms with E-state index in [-0.39, 0.29) is 11.5 Å². The van der Waals surface area contributed by atoms with Crippen LogP contribution in [0.25, 0.3) is 0 Å². The van der Waals surface area contributed by atoms with Gasteiger partial charge in [0.25, 0.3) is 0 Å². The maximum atomic E-state index is 8.73. The molecule has 0 amide bonds. The van der Waals surface area contributed by atoms with Gasteiger partial charge < -0.3 is 4.84 Å². The molecule has 3 nitrogen and oxygen atoms in total. The first-order valence-corrected chi connectivity index (χ1v) is 5.33. The monoisotopic (exact) mass is 214 g/mol. The molecule has 82 valence electrons. The Labute approximate surface area is 95.3 Å². The Morgan fingerprint density at radius 2 is 2.06 bits per heavy atom. The number of hydrogen-bond acceptors (Lipinski definition) is 3. The van der Waals surface area contributed by atoms with E-state index in [9.17, 15) is 0 Å². The fourth-order valence-corrected chi connectivity index (χ4v) is 1.91. The van der Waals surface area contributed by atoms with Crippen LogP contribution >= 0.6 is 0 Å². The van der Waals surface area contributed by atoms with E-state index in [0.29, 0.717) is 6.42 Å². The second-order valence-corrected chi connectivity index (χ2v) is 4.48. The van der Waals surface area contributed by atoms with E-state index in [0.717, 1.165) is 11.3 Å². The molecule has 1 aromatic carbocycles. The van der Waals surface area contributed by atoms with E-state index in [2.05, 4.69) is 25.1 Å². The van der Waals surface area contributed by atoms with Gasteiger partial charge in [0, 0.05) is 0 Å². The lowest BCUT2D eigenvalue weighted by molar-refractivity contribution is 0.0403. The van der Waals surface area contributed by atoms with Crippen molar-refractivity contribution in [1.82, 2.24) is 0 Å². The predicted octanol–water partition coefficient (Wildman–Crippen LogP) is 2.73. The molecule has 1 aromatic rings. The van der Waals surface area contributed by atoms with Crippen molar-refractivity contribution in [2.24, 2.45) is 10.6 Å². The van der Waals surface area contributed by atoms with Crippen LogP contribution in [-0.2, 0) is 4.84 Å². The van der Waals surface area contributed by atoms with Gasteiger partial charge in [0.2, 0.25) is 0 Å². The summed E-state index contributed by atoms with van der Waals surface area (Å²) in [4.78, 5) is 5.34. The molecule has 0 radical (unpaired) electrons. The molecular formula is C13H14N2O. The van der Waals surface area contributed by atoms with Gasteiger partial charge in [0.1, 0.15) is 0 Å². The Kier molecular flexibility index (Phi) is 2.66. The minimum atomic E-state index is -0.211. The number of hydrogen-bond donors (Lipinski definition) is 0. The number of benzene rings is 1. The molecule has 0 spiro atoms. The third kappa shape index (κ3) is 1.67. The first-order chi connectivity index (χ1) is 7.66. The number of nitriles is 1. The van der Waals surface area contributed by atoms with Gasteiger partial charge in [-0.1, -0.05) is 49.3 Å². The van der Waals surface area contributed by atoms with Crippen LogP contribution in [0.15, 0.2) is 35.5 Å². The van der Waals surface area contributed by atoms with Crippen LogP contribution in [0.5, 0.6) is 0 Å². The quantitative estimate of drug-likeness (QED) is 0.759. The molecule has 1 aliphatic heterocycles. The van der Waals surface area contributed by atoms with Crippen LogP contribution in [0.4, 0.5) is 0 Å². The topological polar surface area (TPSA) is 45.4 Å². The smallest absolute Gasteiger partial charge is 0.151 e. The van der Waals surface area contributed by atoms with Gasteiger partial charge in [-0.2, -0.15) is 5.26 Å². The standard InChI is InChI=1S/C13H14N2O/c1-13(2)11(8-9-14)16-15-12(13)10-6-4-3-5-7-10/h3-7,11H,8H2,1-2H3/t11-/m0/s1. The zero-order valence-electron chi connectivity index (χ0n) is 9.47. The Balaban J connectivity index is 2.29. The van der Waals surface area contributed by atoms with Crippen molar-refractivity contribution < 1.29 is 4.84 Å². The Morgan fingerprint density at radius 1 is 1.38 bits per heavy atom. The zero-order valence-corrected chi connectivity index (χ0v) is 9.47. The SMILES string of the molecule is CC1(C)C(c2ccccc2)=NO[C@H]1CC#N. The van der Waals surface area contributed by atoms with E-state index in [1.807, 2.05) is 30.3 Å². The van der Waals surface area contributed by atoms with Crippen LogP contribution in [0, 0.1) is 16.7 Å². The van der Waals surface area contributed by atoms with E-state index in [1.54, 1.807) is 0 Å². The minimum absolute atomic E-state index is 0.146. The zero-order chi connectivity index (χ0) is 11.6. The summed E-state index contributed by atoms with van der Waals surface area (Å²) in [5, 5.41) is 12.9. The fraction of sp³-hybridized carbons (Fsp3) is 0.385. The van der Waals surface area contributed by atoms with Crippen molar-refractivity contribution in [3.63, 3.8) is 0 Å². The molecule has 2 rings (SSSR count). The molecule has 0 aromatic heterocycles. The molecule has 0 bridgehead atoms. The Bertz CT molecular complexity index is 443. The van der Waals surface area contributed by atoms with Gasteiger partial charge in [-0.15, -0.1) is 0 Å². The second kappa shape index (κ2) is 3.97. The van der Waals surface area contributed by atoms with Gasteiger partial charge >= 0.3 is 0 Å². The van der Waals surface area contributed by atoms with E-state index < -0.39 is 0 Å². The van der Waals surface area contributed by atoms with Gasteiger partial charge in [-0.05, 0) is 5.56 Å². The molecular weight excluding hydrogens is 200 g/mol. The Hall–Kier alpha value is -1.82. The molecule has 3 heteroatoms. The maximum absolute atomic E-state index is 8.73. The summed E-state index contributed by atoms with van der Waals surface area (Å²) < 4.78 is 0. The van der Waals surface area contributed by atoms with E-state index >= 15 is 0 Å². The summed E-state index contributed by atoms with van der Waals surface area (Å²) in [6, 6.07) is 12.1. The summed E-state index contributed by atoms with van der Waals surface area (Å²) in [6.45, 7) is 4.13. The molecule has 0 fully saturated rings. The van der Waals surface area contributed by atoms with Crippen molar-refractivity contribution >= 4 is 5.71 Å². The second-order valence-electron chi connectivity index (χ2n) is 4.48. The van der Waals surface area contributed by atoms with Gasteiger partial charge in [0.15, 0.2) is 6.10 Å². The summed E-state index contributed by atoms with van der Waals surface area (Å²) in [7, 11) is 0. The van der Waals surface area contributed by atoms with Crippen LogP contribution in [0.3, 0.4) is 0 Å². The molecule has 0 unspecified atom stereocenters. The number of rotatable bonds is 2. The van der Waals surface area contributed by atoms with Gasteiger partial charge in [-0.25, -0.2) is 0 Å². The molecule has 0 saturated heterocycles. The molecule has 1 heterocycles. The number of oxime groups is 1. The normalized spacial score (nSPS) is 22.1. The van der Waals surface area contributed by atoms with Gasteiger partial charge in [-0.3, -0.25) is 0 Å². The van der Waals surface area contributed by atoms with Crippen LogP contribution in [-0.4, -0.2) is 11.8 Å². The Morgan fingerprint density at radius 3 is 2.69 bits per heavy atom. The molecule has 1 aliphatic rings. The van der Waals surface area contributed by atoms with Crippen LogP contribution < -0.4 is 0 Å². The molecule has 1 atom stereocenters. The summed E-state index contributed by atoms with van der Waals surface area (Å²) in [6.07, 6.45) is 0.222. The summed E-state index contributed by atoms with van der Waals surface area (Å²) >= 11 is 0. The van der Waals surface area contributed by atoms with Crippen LogP contribution in [0.1, 0.15) is 25.8 Å². The third-order valence-electron chi connectivity index (χ3n) is 3.01. The van der Waals surface area contributed by atoms with Crippen molar-refractivity contribution in [2.75, 3.05) is 0 Å². The first-order valence-electron chi connectivity index (χ1n) is 5.33. The minimum Gasteiger partial charge on any atom is -0.390 e. The fourth-order valence-electron chi connectivity index (χ4n) is 1.91. The largest absolute Gasteiger partial charge is 0.390 e. The average Bonchev–Trinajstić information content (AvgIpc) is 2.57. The van der Waals surface area contributed by atoms with Gasteiger partial charge in [0.05, 0.1) is 23.6 Å². The summed E-state index contributed by atoms with van der Waals surface area (Å²) in [5.41, 5.74) is 1.78. The lowest BCUT2D eigenvalue weighted by Gasteiger charge is -2.23. The van der Waals surface area contributed by atoms with Crippen molar-refractivity contribution in [1.29, 1.82) is 5.26 Å². The number of nitrogens with zero attached hydrogens (tertiary/aromatic N) is 2. The maximum Gasteiger partial charge on any atom is 0.151 e. The molecule has 0 aliphatic carbocycles. The summed E-state index contributed by atoms with van der Waals surface area (Å²) in [5.74, 6) is 0. The highest BCUT2D eigenvalue weighted by molar-refractivity contribution is 6.05. The lowest BCUT2D eigenvalue weighted by Crippen LogP contribution is -2.32. The van der Waals surface area contributed by atoms with E-state index in [1.165, 1.54) is 0 Å². The highest BCUT2D eigenvalue weighted by Gasteiger charge is 2.42. The predicted molar refractivity (Wildman–Crippen MR) is 61.9 cm³/mol. The van der Waals surface area contributed by atoms with Crippen LogP contribution in [0.2, 0.25) is 0 Å². The third-order valence-corrected chi connectivity index (χ3v) is 3.01. The highest BCUT2D eigenvalue weighted by Crippen LogP contribution is 2.36. The average molecular weight is 214 g/mol. The molecule has 0 saturated carbocycles. The van der Waals surface area contributed by atoms with Crippen molar-refractivity contribution in [3.05, 3.63) is 35.9 Å². The van der Waals surface area contributed by atoms with Crippen molar-refractivity contribution in [2.45, 2.75) is 26.4 Å². The first kappa shape index (κ1) is 10.7.